The topological polar surface area (TPSA) is 39.1 Å². The lowest BCUT2D eigenvalue weighted by atomic mass is 9.84. The van der Waals surface area contributed by atoms with E-state index in [-0.39, 0.29) is 11.2 Å². The van der Waals surface area contributed by atoms with Crippen molar-refractivity contribution in [1.82, 2.24) is 4.57 Å². The second-order valence-corrected chi connectivity index (χ2v) is 7.71. The highest BCUT2D eigenvalue weighted by Gasteiger charge is 2.25. The van der Waals surface area contributed by atoms with Gasteiger partial charge in [-0.1, -0.05) is 54.6 Å². The van der Waals surface area contributed by atoms with Crippen LogP contribution in [0.15, 0.2) is 95.8 Å². The molecule has 0 radical (unpaired) electrons. The largest absolute Gasteiger partial charge is 0.309 e. The molecule has 0 fully saturated rings. The van der Waals surface area contributed by atoms with Crippen LogP contribution in [0.3, 0.4) is 0 Å². The number of aromatic nitrogens is 1. The number of pyridine rings is 1. The molecule has 0 aliphatic heterocycles. The van der Waals surface area contributed by atoms with Gasteiger partial charge in [0.1, 0.15) is 0 Å². The van der Waals surface area contributed by atoms with Crippen molar-refractivity contribution in [3.8, 4) is 5.69 Å². The molecule has 0 saturated heterocycles. The minimum Gasteiger partial charge on any atom is -0.309 e. The lowest BCUT2D eigenvalue weighted by Crippen LogP contribution is -2.17. The third-order valence-corrected chi connectivity index (χ3v) is 6.00. The Hall–Kier alpha value is -3.98. The molecule has 1 aliphatic carbocycles. The smallest absolute Gasteiger partial charge is 0.197 e. The summed E-state index contributed by atoms with van der Waals surface area (Å²) < 4.78 is 2.08. The Labute approximate surface area is 172 Å². The van der Waals surface area contributed by atoms with E-state index in [2.05, 4.69) is 4.57 Å². The summed E-state index contributed by atoms with van der Waals surface area (Å²) in [5, 5.41) is 1.32. The predicted octanol–water partition coefficient (Wildman–Crippen LogP) is 5.28. The van der Waals surface area contributed by atoms with Crippen molar-refractivity contribution in [1.29, 1.82) is 0 Å². The molecule has 5 aromatic rings. The van der Waals surface area contributed by atoms with Crippen molar-refractivity contribution in [2.75, 3.05) is 0 Å². The lowest BCUT2D eigenvalue weighted by Gasteiger charge is -2.21. The van der Waals surface area contributed by atoms with Crippen LogP contribution >= 0.6 is 0 Å². The van der Waals surface area contributed by atoms with Gasteiger partial charge in [0, 0.05) is 27.6 Å². The molecular formula is C27H17NO2. The molecule has 0 spiro atoms. The quantitative estimate of drug-likeness (QED) is 0.360. The number of rotatable bonds is 1. The molecule has 4 aromatic carbocycles. The number of nitrogens with zero attached hydrogens (tertiary/aromatic N) is 1. The molecule has 3 heteroatoms. The van der Waals surface area contributed by atoms with Crippen LogP contribution in [0.5, 0.6) is 0 Å². The summed E-state index contributed by atoms with van der Waals surface area (Å²) in [6, 6.07) is 29.2. The zero-order chi connectivity index (χ0) is 20.2. The first-order valence-electron chi connectivity index (χ1n) is 10.0. The van der Waals surface area contributed by atoms with E-state index in [1.165, 1.54) is 0 Å². The van der Waals surface area contributed by atoms with Crippen LogP contribution in [0.2, 0.25) is 0 Å². The van der Waals surface area contributed by atoms with Crippen LogP contribution in [0.4, 0.5) is 0 Å². The lowest BCUT2D eigenvalue weighted by molar-refractivity contribution is 0.103. The van der Waals surface area contributed by atoms with E-state index in [9.17, 15) is 9.59 Å². The molecular weight excluding hydrogens is 370 g/mol. The summed E-state index contributed by atoms with van der Waals surface area (Å²) in [5.74, 6) is 0.0222. The highest BCUT2D eigenvalue weighted by atomic mass is 16.1. The average molecular weight is 387 g/mol. The molecule has 6 rings (SSSR count). The zero-order valence-corrected chi connectivity index (χ0v) is 16.1. The van der Waals surface area contributed by atoms with Crippen LogP contribution in [-0.2, 0) is 6.42 Å². The predicted molar refractivity (Wildman–Crippen MR) is 120 cm³/mol. The summed E-state index contributed by atoms with van der Waals surface area (Å²) in [6.45, 7) is 0. The van der Waals surface area contributed by atoms with Gasteiger partial charge in [-0.3, -0.25) is 9.59 Å². The van der Waals surface area contributed by atoms with Crippen molar-refractivity contribution in [2.45, 2.75) is 6.42 Å². The molecule has 0 atom stereocenters. The summed E-state index contributed by atoms with van der Waals surface area (Å²) in [6.07, 6.45) is 0.658. The molecule has 0 unspecified atom stereocenters. The van der Waals surface area contributed by atoms with E-state index in [4.69, 9.17) is 0 Å². The minimum absolute atomic E-state index is 0.00175. The molecule has 0 bridgehead atoms. The fraction of sp³-hybridized carbons (Fsp3) is 0.0370. The summed E-state index contributed by atoms with van der Waals surface area (Å²) >= 11 is 0. The van der Waals surface area contributed by atoms with Gasteiger partial charge in [0.2, 0.25) is 0 Å². The van der Waals surface area contributed by atoms with E-state index < -0.39 is 0 Å². The molecule has 1 aromatic heterocycles. The molecule has 30 heavy (non-hydrogen) atoms. The molecule has 1 heterocycles. The number of hydrogen-bond donors (Lipinski definition) is 0. The first-order chi connectivity index (χ1) is 14.7. The van der Waals surface area contributed by atoms with Crippen LogP contribution in [-0.4, -0.2) is 10.4 Å². The first-order valence-corrected chi connectivity index (χ1v) is 10.0. The van der Waals surface area contributed by atoms with E-state index in [0.717, 1.165) is 33.4 Å². The van der Waals surface area contributed by atoms with Crippen molar-refractivity contribution in [3.05, 3.63) is 123 Å². The van der Waals surface area contributed by atoms with Crippen LogP contribution < -0.4 is 5.43 Å². The molecule has 1 aliphatic rings. The van der Waals surface area contributed by atoms with E-state index in [1.807, 2.05) is 91.0 Å². The van der Waals surface area contributed by atoms with Crippen LogP contribution in [0.25, 0.3) is 27.5 Å². The van der Waals surface area contributed by atoms with Gasteiger partial charge >= 0.3 is 0 Å². The van der Waals surface area contributed by atoms with Crippen molar-refractivity contribution >= 4 is 27.6 Å². The molecule has 0 amide bonds. The van der Waals surface area contributed by atoms with Crippen LogP contribution in [0, 0.1) is 0 Å². The Morgan fingerprint density at radius 1 is 0.600 bits per heavy atom. The molecule has 0 saturated carbocycles. The second kappa shape index (κ2) is 6.26. The third-order valence-electron chi connectivity index (χ3n) is 6.00. The number of hydrogen-bond acceptors (Lipinski definition) is 2. The Kier molecular flexibility index (Phi) is 3.53. The van der Waals surface area contributed by atoms with Gasteiger partial charge in [-0.2, -0.15) is 0 Å². The minimum atomic E-state index is 0.00175. The number of benzene rings is 4. The highest BCUT2D eigenvalue weighted by Crippen LogP contribution is 2.32. The maximum Gasteiger partial charge on any atom is 0.197 e. The summed E-state index contributed by atoms with van der Waals surface area (Å²) in [4.78, 5) is 26.6. The van der Waals surface area contributed by atoms with Crippen molar-refractivity contribution < 1.29 is 4.79 Å². The Morgan fingerprint density at radius 2 is 1.33 bits per heavy atom. The fourth-order valence-electron chi connectivity index (χ4n) is 4.59. The number of carbonyl (C=O) groups excluding carboxylic acids is 1. The highest BCUT2D eigenvalue weighted by molar-refractivity contribution is 6.14. The van der Waals surface area contributed by atoms with E-state index in [0.29, 0.717) is 22.8 Å². The first kappa shape index (κ1) is 16.9. The molecule has 3 nitrogen and oxygen atoms in total. The molecule has 142 valence electrons. The number of para-hydroxylation sites is 2. The van der Waals surface area contributed by atoms with Crippen molar-refractivity contribution in [2.24, 2.45) is 0 Å². The fourth-order valence-corrected chi connectivity index (χ4v) is 4.59. The van der Waals surface area contributed by atoms with Gasteiger partial charge in [-0.15, -0.1) is 0 Å². The van der Waals surface area contributed by atoms with Gasteiger partial charge in [0.15, 0.2) is 11.2 Å². The maximum absolute atomic E-state index is 13.4. The Balaban J connectivity index is 1.77. The summed E-state index contributed by atoms with van der Waals surface area (Å²) in [5.41, 5.74) is 5.92. The Morgan fingerprint density at radius 3 is 2.20 bits per heavy atom. The van der Waals surface area contributed by atoms with Gasteiger partial charge in [0.05, 0.1) is 11.0 Å². The van der Waals surface area contributed by atoms with Crippen LogP contribution in [0.1, 0.15) is 27.0 Å². The Bertz CT molecular complexity index is 1540. The monoisotopic (exact) mass is 387 g/mol. The average Bonchev–Trinajstić information content (AvgIpc) is 2.80. The summed E-state index contributed by atoms with van der Waals surface area (Å²) in [7, 11) is 0. The number of fused-ring (bicyclic) bond motifs is 4. The van der Waals surface area contributed by atoms with E-state index >= 15 is 0 Å². The second-order valence-electron chi connectivity index (χ2n) is 7.71. The zero-order valence-electron chi connectivity index (χ0n) is 16.1. The number of carbonyl (C=O) groups is 1. The van der Waals surface area contributed by atoms with Gasteiger partial charge in [-0.05, 0) is 53.9 Å². The van der Waals surface area contributed by atoms with Crippen molar-refractivity contribution in [3.63, 3.8) is 0 Å². The van der Waals surface area contributed by atoms with Gasteiger partial charge < -0.3 is 4.57 Å². The number of ketones is 1. The van der Waals surface area contributed by atoms with Gasteiger partial charge in [0.25, 0.3) is 0 Å². The molecule has 0 N–H and O–H groups in total. The SMILES string of the molecule is O=C1c2ccccc2Cc2cc3c(=O)c4ccccc4n(-c4ccccc4)c3cc21. The third kappa shape index (κ3) is 2.32. The van der Waals surface area contributed by atoms with Gasteiger partial charge in [-0.25, -0.2) is 0 Å². The standard InChI is InChI=1S/C27H17NO2/c29-26-20-11-5-4-8-17(20)14-18-15-23-25(16-22(18)26)28(19-9-2-1-3-10-19)24-13-7-6-12-21(24)27(23)30/h1-13,15-16H,14H2. The normalized spacial score (nSPS) is 12.7. The maximum atomic E-state index is 13.4. The van der Waals surface area contributed by atoms with E-state index in [1.54, 1.807) is 0 Å².